The molecule has 1 aromatic rings. The van der Waals surface area contributed by atoms with Crippen LogP contribution in [0.4, 0.5) is 24.9 Å². The molecule has 0 aliphatic carbocycles. The first kappa shape index (κ1) is 18.7. The fourth-order valence-corrected chi connectivity index (χ4v) is 3.43. The van der Waals surface area contributed by atoms with Crippen LogP contribution in [0.25, 0.3) is 0 Å². The maximum absolute atomic E-state index is 13.5. The highest BCUT2D eigenvalue weighted by atomic mass is 19.4. The minimum Gasteiger partial charge on any atom is -0.377 e. The first-order chi connectivity index (χ1) is 12.2. The lowest BCUT2D eigenvalue weighted by atomic mass is 10.1. The molecule has 1 aromatic heterocycles. The molecule has 144 valence electrons. The number of alkyl halides is 3. The number of ether oxygens (including phenoxy) is 1. The Morgan fingerprint density at radius 1 is 1.38 bits per heavy atom. The molecule has 7 nitrogen and oxygen atoms in total. The third-order valence-corrected chi connectivity index (χ3v) is 4.67. The minimum atomic E-state index is -4.51. The first-order valence-electron chi connectivity index (χ1n) is 8.47. The number of nitrogens with zero attached hydrogens (tertiary/aromatic N) is 4. The third kappa shape index (κ3) is 3.55. The molecule has 0 radical (unpaired) electrons. The predicted molar refractivity (Wildman–Crippen MR) is 88.6 cm³/mol. The number of carbonyl (C=O) groups is 1. The second-order valence-electron chi connectivity index (χ2n) is 6.70. The van der Waals surface area contributed by atoms with Gasteiger partial charge in [-0.15, -0.1) is 0 Å². The van der Waals surface area contributed by atoms with Crippen molar-refractivity contribution in [2.45, 2.75) is 45.1 Å². The highest BCUT2D eigenvalue weighted by Crippen LogP contribution is 2.34. The van der Waals surface area contributed by atoms with Crippen LogP contribution in [0.15, 0.2) is 10.9 Å². The largest absolute Gasteiger partial charge is 0.408 e. The Balaban J connectivity index is 2.07. The van der Waals surface area contributed by atoms with Gasteiger partial charge in [0.1, 0.15) is 17.6 Å². The first-order valence-corrected chi connectivity index (χ1v) is 8.47. The van der Waals surface area contributed by atoms with Crippen molar-refractivity contribution >= 4 is 17.5 Å². The molecule has 2 aliphatic heterocycles. The number of fused-ring (bicyclic) bond motifs is 1. The van der Waals surface area contributed by atoms with Crippen molar-refractivity contribution in [3.8, 4) is 0 Å². The minimum absolute atomic E-state index is 0.0537. The van der Waals surface area contributed by atoms with Crippen LogP contribution in [-0.2, 0) is 16.1 Å². The van der Waals surface area contributed by atoms with Crippen LogP contribution >= 0.6 is 0 Å². The summed E-state index contributed by atoms with van der Waals surface area (Å²) in [5.74, 6) is -0.213. The SMILES string of the molecule is CC(=O)CN1c2nc(N3CCOCC3C)cc(=O)n2CCC1C(F)(F)F. The standard InChI is InChI=1S/C16H21F3N4O3/c1-10-9-26-6-5-21(10)13-7-14(25)22-4-3-12(16(17,18)19)23(8-11(2)24)15(22)20-13/h7,10,12H,3-6,8-9H2,1-2H3. The van der Waals surface area contributed by atoms with Gasteiger partial charge in [-0.2, -0.15) is 18.2 Å². The van der Waals surface area contributed by atoms with Crippen molar-refractivity contribution in [3.05, 3.63) is 16.4 Å². The summed E-state index contributed by atoms with van der Waals surface area (Å²) in [4.78, 5) is 31.2. The average Bonchev–Trinajstić information content (AvgIpc) is 2.54. The second kappa shape index (κ2) is 6.90. The van der Waals surface area contributed by atoms with Gasteiger partial charge in [0.25, 0.3) is 5.56 Å². The lowest BCUT2D eigenvalue weighted by molar-refractivity contribution is -0.153. The molecule has 0 N–H and O–H groups in total. The van der Waals surface area contributed by atoms with E-state index in [-0.39, 0.29) is 25.0 Å². The fraction of sp³-hybridized carbons (Fsp3) is 0.688. The number of hydrogen-bond acceptors (Lipinski definition) is 6. The van der Waals surface area contributed by atoms with Gasteiger partial charge in [0, 0.05) is 19.2 Å². The number of Topliss-reactive ketones (excluding diaryl/α,β-unsaturated/α-hetero) is 1. The molecule has 2 unspecified atom stereocenters. The monoisotopic (exact) mass is 374 g/mol. The van der Waals surface area contributed by atoms with Gasteiger partial charge in [-0.25, -0.2) is 0 Å². The smallest absolute Gasteiger partial charge is 0.377 e. The van der Waals surface area contributed by atoms with Gasteiger partial charge in [-0.1, -0.05) is 0 Å². The topological polar surface area (TPSA) is 67.7 Å². The summed E-state index contributed by atoms with van der Waals surface area (Å²) in [6, 6.07) is -0.553. The Morgan fingerprint density at radius 3 is 2.73 bits per heavy atom. The number of hydrogen-bond donors (Lipinski definition) is 0. The van der Waals surface area contributed by atoms with E-state index in [0.29, 0.717) is 25.6 Å². The number of carbonyl (C=O) groups excluding carboxylic acids is 1. The normalized spacial score (nSPS) is 23.7. The molecule has 1 saturated heterocycles. The maximum atomic E-state index is 13.5. The van der Waals surface area contributed by atoms with Gasteiger partial charge in [0.15, 0.2) is 0 Å². The fourth-order valence-electron chi connectivity index (χ4n) is 3.43. The second-order valence-corrected chi connectivity index (χ2v) is 6.70. The van der Waals surface area contributed by atoms with Gasteiger partial charge in [-0.3, -0.25) is 14.2 Å². The Hall–Kier alpha value is -2.10. The van der Waals surface area contributed by atoms with Gasteiger partial charge in [-0.05, 0) is 20.3 Å². The van der Waals surface area contributed by atoms with Crippen molar-refractivity contribution in [2.24, 2.45) is 0 Å². The van der Waals surface area contributed by atoms with E-state index >= 15 is 0 Å². The molecule has 0 amide bonds. The third-order valence-electron chi connectivity index (χ3n) is 4.67. The molecule has 0 saturated carbocycles. The van der Waals surface area contributed by atoms with E-state index in [4.69, 9.17) is 4.74 Å². The van der Waals surface area contributed by atoms with Crippen LogP contribution in [0.1, 0.15) is 20.3 Å². The summed E-state index contributed by atoms with van der Waals surface area (Å²) in [5, 5.41) is 0. The number of aromatic nitrogens is 2. The zero-order chi connectivity index (χ0) is 19.1. The van der Waals surface area contributed by atoms with Crippen molar-refractivity contribution in [1.29, 1.82) is 0 Å². The number of anilines is 2. The maximum Gasteiger partial charge on any atom is 0.408 e. The molecular weight excluding hydrogens is 353 g/mol. The van der Waals surface area contributed by atoms with Crippen LogP contribution < -0.4 is 15.4 Å². The summed E-state index contributed by atoms with van der Waals surface area (Å²) in [6.07, 6.45) is -4.81. The summed E-state index contributed by atoms with van der Waals surface area (Å²) in [5.41, 5.74) is -0.419. The summed E-state index contributed by atoms with van der Waals surface area (Å²) in [6.45, 7) is 3.97. The molecule has 0 aromatic carbocycles. The highest BCUT2D eigenvalue weighted by molar-refractivity contribution is 5.80. The van der Waals surface area contributed by atoms with E-state index in [0.717, 1.165) is 4.90 Å². The summed E-state index contributed by atoms with van der Waals surface area (Å²) in [7, 11) is 0. The van der Waals surface area contributed by atoms with E-state index < -0.39 is 30.1 Å². The van der Waals surface area contributed by atoms with Crippen LogP contribution in [0.5, 0.6) is 0 Å². The Kier molecular flexibility index (Phi) is 4.96. The van der Waals surface area contributed by atoms with E-state index in [1.54, 1.807) is 0 Å². The van der Waals surface area contributed by atoms with E-state index in [2.05, 4.69) is 4.98 Å². The van der Waals surface area contributed by atoms with E-state index in [1.807, 2.05) is 11.8 Å². The predicted octanol–water partition coefficient (Wildman–Crippen LogP) is 1.20. The highest BCUT2D eigenvalue weighted by Gasteiger charge is 2.47. The molecule has 2 atom stereocenters. The summed E-state index contributed by atoms with van der Waals surface area (Å²) < 4.78 is 46.9. The lowest BCUT2D eigenvalue weighted by Crippen LogP contribution is -2.54. The molecule has 10 heteroatoms. The van der Waals surface area contributed by atoms with Crippen LogP contribution in [0.2, 0.25) is 0 Å². The van der Waals surface area contributed by atoms with Crippen molar-refractivity contribution in [2.75, 3.05) is 36.1 Å². The zero-order valence-electron chi connectivity index (χ0n) is 14.6. The van der Waals surface area contributed by atoms with Crippen molar-refractivity contribution < 1.29 is 22.7 Å². The number of halogens is 3. The van der Waals surface area contributed by atoms with Crippen LogP contribution in [0.3, 0.4) is 0 Å². The van der Waals surface area contributed by atoms with Crippen molar-refractivity contribution in [1.82, 2.24) is 9.55 Å². The van der Waals surface area contributed by atoms with Crippen LogP contribution in [0, 0.1) is 0 Å². The zero-order valence-corrected chi connectivity index (χ0v) is 14.6. The van der Waals surface area contributed by atoms with E-state index in [9.17, 15) is 22.8 Å². The molecule has 0 spiro atoms. The summed E-state index contributed by atoms with van der Waals surface area (Å²) >= 11 is 0. The van der Waals surface area contributed by atoms with Gasteiger partial charge in [0.05, 0.1) is 25.8 Å². The quantitative estimate of drug-likeness (QED) is 0.792. The molecule has 2 aliphatic rings. The molecule has 3 heterocycles. The molecular formula is C16H21F3N4O3. The number of morpholine rings is 1. The number of rotatable bonds is 3. The molecule has 0 bridgehead atoms. The Morgan fingerprint density at radius 2 is 2.12 bits per heavy atom. The van der Waals surface area contributed by atoms with Crippen LogP contribution in [-0.4, -0.2) is 59.9 Å². The lowest BCUT2D eigenvalue weighted by Gasteiger charge is -2.40. The van der Waals surface area contributed by atoms with E-state index in [1.165, 1.54) is 17.6 Å². The molecule has 3 rings (SSSR count). The Bertz CT molecular complexity index is 749. The number of ketones is 1. The van der Waals surface area contributed by atoms with Gasteiger partial charge in [0.2, 0.25) is 5.95 Å². The van der Waals surface area contributed by atoms with Gasteiger partial charge < -0.3 is 14.5 Å². The van der Waals surface area contributed by atoms with Crippen molar-refractivity contribution in [3.63, 3.8) is 0 Å². The molecule has 1 fully saturated rings. The average molecular weight is 374 g/mol. The van der Waals surface area contributed by atoms with Gasteiger partial charge >= 0.3 is 6.18 Å². The molecule has 26 heavy (non-hydrogen) atoms. The Labute approximate surface area is 148 Å².